The summed E-state index contributed by atoms with van der Waals surface area (Å²) in [5.41, 5.74) is 2.78. The van der Waals surface area contributed by atoms with Crippen LogP contribution in [-0.4, -0.2) is 58.0 Å². The van der Waals surface area contributed by atoms with Crippen LogP contribution in [0.3, 0.4) is 0 Å². The summed E-state index contributed by atoms with van der Waals surface area (Å²) in [5.74, 6) is 0.0369. The van der Waals surface area contributed by atoms with Gasteiger partial charge < -0.3 is 9.88 Å². The normalized spacial score (nSPS) is 19.8. The predicted octanol–water partition coefficient (Wildman–Crippen LogP) is 3.87. The topological polar surface area (TPSA) is 86.4 Å². The fourth-order valence-corrected chi connectivity index (χ4v) is 6.74. The van der Waals surface area contributed by atoms with Gasteiger partial charge in [-0.15, -0.1) is 0 Å². The van der Waals surface area contributed by atoms with Crippen molar-refractivity contribution in [3.05, 3.63) is 54.1 Å². The van der Waals surface area contributed by atoms with Gasteiger partial charge in [-0.1, -0.05) is 55.4 Å². The molecule has 2 atom stereocenters. The van der Waals surface area contributed by atoms with Gasteiger partial charge in [0, 0.05) is 12.6 Å². The number of para-hydroxylation sites is 2. The molecule has 32 heavy (non-hydrogen) atoms. The largest absolute Gasteiger partial charge is 0.333 e. The Morgan fingerprint density at radius 1 is 1.19 bits per heavy atom. The van der Waals surface area contributed by atoms with Crippen molar-refractivity contribution in [2.45, 2.75) is 50.0 Å². The SMILES string of the molecule is Cc1ccc(S(=O)(=O)N2C[C@H](C)N(C(=O)CSc3nc4ccccc4[nH]3)[C@@H]2C(C)C)cc1. The van der Waals surface area contributed by atoms with Crippen LogP contribution in [0.1, 0.15) is 26.3 Å². The number of aromatic amines is 1. The molecule has 7 nitrogen and oxygen atoms in total. The first-order valence-electron chi connectivity index (χ1n) is 10.7. The Hall–Kier alpha value is -2.36. The third kappa shape index (κ3) is 4.29. The molecule has 0 radical (unpaired) electrons. The highest BCUT2D eigenvalue weighted by atomic mass is 32.2. The van der Waals surface area contributed by atoms with E-state index in [0.717, 1.165) is 16.6 Å². The van der Waals surface area contributed by atoms with Gasteiger partial charge >= 0.3 is 0 Å². The Balaban J connectivity index is 1.54. The van der Waals surface area contributed by atoms with Crippen molar-refractivity contribution in [3.8, 4) is 0 Å². The van der Waals surface area contributed by atoms with Gasteiger partial charge in [-0.3, -0.25) is 4.79 Å². The number of thioether (sulfide) groups is 1. The first kappa shape index (κ1) is 22.8. The smallest absolute Gasteiger partial charge is 0.244 e. The van der Waals surface area contributed by atoms with E-state index in [2.05, 4.69) is 9.97 Å². The molecule has 4 rings (SSSR count). The van der Waals surface area contributed by atoms with Crippen molar-refractivity contribution >= 4 is 38.7 Å². The lowest BCUT2D eigenvalue weighted by Gasteiger charge is -2.33. The fraction of sp³-hybridized carbons (Fsp3) is 0.391. The van der Waals surface area contributed by atoms with Gasteiger partial charge in [-0.05, 0) is 44.0 Å². The predicted molar refractivity (Wildman–Crippen MR) is 127 cm³/mol. The highest BCUT2D eigenvalue weighted by Crippen LogP contribution is 2.33. The molecular weight excluding hydrogens is 444 g/mol. The molecule has 0 spiro atoms. The second kappa shape index (κ2) is 8.88. The molecule has 2 aromatic carbocycles. The summed E-state index contributed by atoms with van der Waals surface area (Å²) in [4.78, 5) is 23.0. The van der Waals surface area contributed by atoms with Crippen LogP contribution in [0.5, 0.6) is 0 Å². The highest BCUT2D eigenvalue weighted by molar-refractivity contribution is 7.99. The maximum Gasteiger partial charge on any atom is 0.244 e. The molecule has 3 aromatic rings. The van der Waals surface area contributed by atoms with Gasteiger partial charge in [0.25, 0.3) is 0 Å². The van der Waals surface area contributed by atoms with Crippen LogP contribution in [0.15, 0.2) is 58.6 Å². The first-order chi connectivity index (χ1) is 15.2. The second-order valence-electron chi connectivity index (χ2n) is 8.54. The van der Waals surface area contributed by atoms with Crippen LogP contribution in [0.2, 0.25) is 0 Å². The summed E-state index contributed by atoms with van der Waals surface area (Å²) in [6, 6.07) is 14.4. The lowest BCUT2D eigenvalue weighted by molar-refractivity contribution is -0.132. The number of aromatic nitrogens is 2. The zero-order valence-corrected chi connectivity index (χ0v) is 20.3. The average Bonchev–Trinajstić information content (AvgIpc) is 3.33. The molecule has 1 aliphatic heterocycles. The van der Waals surface area contributed by atoms with Crippen LogP contribution >= 0.6 is 11.8 Å². The van der Waals surface area contributed by atoms with Gasteiger partial charge in [0.15, 0.2) is 5.16 Å². The van der Waals surface area contributed by atoms with E-state index in [-0.39, 0.29) is 35.1 Å². The summed E-state index contributed by atoms with van der Waals surface area (Å²) in [5, 5.41) is 0.677. The van der Waals surface area contributed by atoms with E-state index in [1.54, 1.807) is 29.2 Å². The van der Waals surface area contributed by atoms with Crippen LogP contribution in [0.4, 0.5) is 0 Å². The number of benzene rings is 2. The van der Waals surface area contributed by atoms with E-state index in [1.165, 1.54) is 16.1 Å². The van der Waals surface area contributed by atoms with Gasteiger partial charge in [0.05, 0.1) is 21.7 Å². The Bertz CT molecular complexity index is 1190. The molecule has 0 unspecified atom stereocenters. The number of carbonyl (C=O) groups is 1. The number of amides is 1. The number of imidazole rings is 1. The zero-order chi connectivity index (χ0) is 23.0. The monoisotopic (exact) mass is 472 g/mol. The van der Waals surface area contributed by atoms with E-state index in [0.29, 0.717) is 5.16 Å². The summed E-state index contributed by atoms with van der Waals surface area (Å²) in [6.07, 6.45) is -0.528. The molecule has 1 N–H and O–H groups in total. The molecular formula is C23H28N4O3S2. The minimum atomic E-state index is -3.72. The Morgan fingerprint density at radius 2 is 1.88 bits per heavy atom. The van der Waals surface area contributed by atoms with Crippen molar-refractivity contribution in [1.29, 1.82) is 0 Å². The second-order valence-corrected chi connectivity index (χ2v) is 11.4. The van der Waals surface area contributed by atoms with Crippen molar-refractivity contribution in [1.82, 2.24) is 19.2 Å². The summed E-state index contributed by atoms with van der Waals surface area (Å²) in [6.45, 7) is 8.01. The van der Waals surface area contributed by atoms with Gasteiger partial charge in [0.2, 0.25) is 15.9 Å². The number of sulfonamides is 1. The number of aryl methyl sites for hydroxylation is 1. The molecule has 170 valence electrons. The van der Waals surface area contributed by atoms with Crippen LogP contribution in [0.25, 0.3) is 11.0 Å². The summed E-state index contributed by atoms with van der Waals surface area (Å²) in [7, 11) is -3.72. The number of H-pyrrole nitrogens is 1. The molecule has 1 amide bonds. The van der Waals surface area contributed by atoms with E-state index >= 15 is 0 Å². The van der Waals surface area contributed by atoms with Crippen molar-refractivity contribution in [2.24, 2.45) is 5.92 Å². The van der Waals surface area contributed by atoms with E-state index in [4.69, 9.17) is 0 Å². The molecule has 2 heterocycles. The quantitative estimate of drug-likeness (QED) is 0.551. The molecule has 9 heteroatoms. The van der Waals surface area contributed by atoms with E-state index < -0.39 is 16.2 Å². The number of nitrogens with zero attached hydrogens (tertiary/aromatic N) is 3. The Morgan fingerprint density at radius 3 is 2.53 bits per heavy atom. The molecule has 0 aliphatic carbocycles. The van der Waals surface area contributed by atoms with Crippen LogP contribution in [0, 0.1) is 12.8 Å². The molecule has 0 bridgehead atoms. The van der Waals surface area contributed by atoms with E-state index in [9.17, 15) is 13.2 Å². The Labute approximate surface area is 193 Å². The number of hydrogen-bond donors (Lipinski definition) is 1. The lowest BCUT2D eigenvalue weighted by Crippen LogP contribution is -2.49. The minimum absolute atomic E-state index is 0.0553. The van der Waals surface area contributed by atoms with Gasteiger partial charge in [0.1, 0.15) is 6.17 Å². The fourth-order valence-electron chi connectivity index (χ4n) is 4.19. The number of carbonyl (C=O) groups excluding carboxylic acids is 1. The van der Waals surface area contributed by atoms with Crippen molar-refractivity contribution < 1.29 is 13.2 Å². The van der Waals surface area contributed by atoms with Crippen molar-refractivity contribution in [3.63, 3.8) is 0 Å². The summed E-state index contributed by atoms with van der Waals surface area (Å²) >= 11 is 1.34. The number of fused-ring (bicyclic) bond motifs is 1. The van der Waals surface area contributed by atoms with Crippen LogP contribution < -0.4 is 0 Å². The minimum Gasteiger partial charge on any atom is -0.333 e. The number of rotatable bonds is 6. The highest BCUT2D eigenvalue weighted by Gasteiger charge is 2.47. The number of nitrogens with one attached hydrogen (secondary N) is 1. The standard InChI is InChI=1S/C23H28N4O3S2/c1-15(2)22-26(32(29,30)18-11-9-16(3)10-12-18)13-17(4)27(22)21(28)14-31-23-24-19-7-5-6-8-20(19)25-23/h5-12,15,17,22H,13-14H2,1-4H3,(H,24,25)/t17-,22+/m0/s1. The van der Waals surface area contributed by atoms with Crippen LogP contribution in [-0.2, 0) is 14.8 Å². The lowest BCUT2D eigenvalue weighted by atomic mass is 10.1. The molecule has 1 fully saturated rings. The van der Waals surface area contributed by atoms with E-state index in [1.807, 2.05) is 52.0 Å². The number of hydrogen-bond acceptors (Lipinski definition) is 5. The third-order valence-electron chi connectivity index (χ3n) is 5.71. The van der Waals surface area contributed by atoms with Gasteiger partial charge in [-0.2, -0.15) is 4.31 Å². The summed E-state index contributed by atoms with van der Waals surface area (Å²) < 4.78 is 28.3. The third-order valence-corrected chi connectivity index (χ3v) is 8.42. The van der Waals surface area contributed by atoms with Crippen molar-refractivity contribution in [2.75, 3.05) is 12.3 Å². The maximum absolute atomic E-state index is 13.4. The zero-order valence-electron chi connectivity index (χ0n) is 18.6. The van der Waals surface area contributed by atoms with Gasteiger partial charge in [-0.25, -0.2) is 13.4 Å². The molecule has 1 aliphatic rings. The first-order valence-corrected chi connectivity index (χ1v) is 13.1. The Kier molecular flexibility index (Phi) is 6.33. The molecule has 1 saturated heterocycles. The molecule has 1 aromatic heterocycles. The maximum atomic E-state index is 13.4. The molecule has 0 saturated carbocycles. The average molecular weight is 473 g/mol.